The molecule has 0 saturated heterocycles. The maximum Gasteiger partial charge on any atom is 0.405 e. The van der Waals surface area contributed by atoms with Crippen molar-refractivity contribution in [2.75, 3.05) is 0 Å². The lowest BCUT2D eigenvalue weighted by atomic mass is 10.2. The van der Waals surface area contributed by atoms with Crippen LogP contribution in [0.1, 0.15) is 18.6 Å². The number of aromatic hydroxyl groups is 1. The summed E-state index contributed by atoms with van der Waals surface area (Å²) in [6, 6.07) is 1.02. The smallest absolute Gasteiger partial charge is 0.405 e. The molecular weight excluding hydrogens is 191 g/mol. The van der Waals surface area contributed by atoms with E-state index in [1.54, 1.807) is 0 Å². The van der Waals surface area contributed by atoms with Crippen molar-refractivity contribution in [3.63, 3.8) is 0 Å². The molecule has 6 heteroatoms. The Bertz CT molecular complexity index is 356. The van der Waals surface area contributed by atoms with Crippen LogP contribution < -0.4 is 5.73 Å². The first kappa shape index (κ1) is 10.2. The number of hydrogen-bond donors (Lipinski definition) is 2. The number of amides is 1. The van der Waals surface area contributed by atoms with Gasteiger partial charge in [-0.2, -0.15) is 0 Å². The Morgan fingerprint density at radius 3 is 3.00 bits per heavy atom. The first-order valence-corrected chi connectivity index (χ1v) is 3.81. The van der Waals surface area contributed by atoms with Crippen LogP contribution in [0.2, 0.25) is 0 Å². The zero-order valence-corrected chi connectivity index (χ0v) is 7.40. The summed E-state index contributed by atoms with van der Waals surface area (Å²) in [7, 11) is 0. The summed E-state index contributed by atoms with van der Waals surface area (Å²) in [5.41, 5.74) is 4.83. The first-order chi connectivity index (χ1) is 6.50. The summed E-state index contributed by atoms with van der Waals surface area (Å²) in [4.78, 5) is 13.7. The lowest BCUT2D eigenvalue weighted by molar-refractivity contribution is 0.114. The normalized spacial score (nSPS) is 12.1. The highest BCUT2D eigenvalue weighted by atomic mass is 19.1. The summed E-state index contributed by atoms with van der Waals surface area (Å²) in [5.74, 6) is -1.02. The standard InChI is InChI=1S/C8H9FN2O3/c1-4(14-8(10)13)6-2-5(9)3-11-7(6)12/h2-4H,1H3,(H2,10,13)(H,11,12). The van der Waals surface area contributed by atoms with Gasteiger partial charge >= 0.3 is 6.09 Å². The molecule has 1 aromatic rings. The van der Waals surface area contributed by atoms with Gasteiger partial charge in [-0.15, -0.1) is 0 Å². The van der Waals surface area contributed by atoms with Gasteiger partial charge in [-0.05, 0) is 13.0 Å². The molecule has 0 spiro atoms. The number of primary amides is 1. The van der Waals surface area contributed by atoms with E-state index < -0.39 is 18.0 Å². The lowest BCUT2D eigenvalue weighted by Crippen LogP contribution is -2.15. The fraction of sp³-hybridized carbons (Fsp3) is 0.250. The summed E-state index contributed by atoms with van der Waals surface area (Å²) < 4.78 is 17.2. The number of carbonyl (C=O) groups excluding carboxylic acids is 1. The van der Waals surface area contributed by atoms with Crippen LogP contribution in [0.15, 0.2) is 12.3 Å². The molecule has 0 aliphatic heterocycles. The third-order valence-electron chi connectivity index (χ3n) is 1.59. The van der Waals surface area contributed by atoms with Gasteiger partial charge in [0.2, 0.25) is 5.88 Å². The molecule has 14 heavy (non-hydrogen) atoms. The molecule has 76 valence electrons. The molecule has 1 atom stereocenters. The molecule has 1 heterocycles. The van der Waals surface area contributed by atoms with Crippen LogP contribution >= 0.6 is 0 Å². The quantitative estimate of drug-likeness (QED) is 0.748. The number of nitrogens with two attached hydrogens (primary N) is 1. The molecule has 0 fully saturated rings. The number of halogens is 1. The van der Waals surface area contributed by atoms with E-state index in [2.05, 4.69) is 9.72 Å². The molecule has 1 unspecified atom stereocenters. The van der Waals surface area contributed by atoms with Gasteiger partial charge in [-0.3, -0.25) is 0 Å². The van der Waals surface area contributed by atoms with Crippen molar-refractivity contribution in [2.24, 2.45) is 5.73 Å². The van der Waals surface area contributed by atoms with Crippen LogP contribution in [0.25, 0.3) is 0 Å². The van der Waals surface area contributed by atoms with E-state index in [0.717, 1.165) is 12.3 Å². The molecule has 1 rings (SSSR count). The molecular formula is C8H9FN2O3. The van der Waals surface area contributed by atoms with Crippen molar-refractivity contribution < 1.29 is 19.0 Å². The van der Waals surface area contributed by atoms with Crippen molar-refractivity contribution >= 4 is 6.09 Å². The first-order valence-electron chi connectivity index (χ1n) is 3.81. The van der Waals surface area contributed by atoms with E-state index in [9.17, 15) is 14.3 Å². The topological polar surface area (TPSA) is 85.4 Å². The zero-order valence-electron chi connectivity index (χ0n) is 7.40. The maximum atomic E-state index is 12.7. The van der Waals surface area contributed by atoms with Crippen LogP contribution in [0, 0.1) is 5.82 Å². The second kappa shape index (κ2) is 3.91. The number of hydrogen-bond acceptors (Lipinski definition) is 4. The fourth-order valence-electron chi connectivity index (χ4n) is 0.985. The minimum atomic E-state index is -0.999. The lowest BCUT2D eigenvalue weighted by Gasteiger charge is -2.12. The third kappa shape index (κ3) is 2.32. The number of nitrogens with zero attached hydrogens (tertiary/aromatic N) is 1. The largest absolute Gasteiger partial charge is 0.493 e. The van der Waals surface area contributed by atoms with E-state index in [-0.39, 0.29) is 11.4 Å². The van der Waals surface area contributed by atoms with E-state index >= 15 is 0 Å². The van der Waals surface area contributed by atoms with Crippen molar-refractivity contribution in [2.45, 2.75) is 13.0 Å². The van der Waals surface area contributed by atoms with Crippen molar-refractivity contribution in [3.8, 4) is 5.88 Å². The maximum absolute atomic E-state index is 12.7. The van der Waals surface area contributed by atoms with Gasteiger partial charge in [0.05, 0.1) is 11.8 Å². The van der Waals surface area contributed by atoms with Gasteiger partial charge in [-0.1, -0.05) is 0 Å². The Labute approximate surface area is 79.3 Å². The molecule has 1 aromatic heterocycles. The van der Waals surface area contributed by atoms with Crippen LogP contribution in [0.5, 0.6) is 5.88 Å². The Kier molecular flexibility index (Phi) is 2.85. The number of carbonyl (C=O) groups is 1. The van der Waals surface area contributed by atoms with E-state index in [0.29, 0.717) is 0 Å². The predicted octanol–water partition coefficient (Wildman–Crippen LogP) is 1.08. The minimum absolute atomic E-state index is 0.0730. The number of ether oxygens (including phenoxy) is 1. The molecule has 0 aliphatic rings. The minimum Gasteiger partial charge on any atom is -0.493 e. The molecule has 0 aromatic carbocycles. The van der Waals surface area contributed by atoms with Gasteiger partial charge in [0.15, 0.2) is 0 Å². The SMILES string of the molecule is CC(OC(N)=O)c1cc(F)cnc1O. The van der Waals surface area contributed by atoms with Crippen molar-refractivity contribution in [1.29, 1.82) is 0 Å². The second-order valence-electron chi connectivity index (χ2n) is 2.65. The van der Waals surface area contributed by atoms with Gasteiger partial charge < -0.3 is 15.6 Å². The average Bonchev–Trinajstić information content (AvgIpc) is 2.08. The van der Waals surface area contributed by atoms with Gasteiger partial charge in [0, 0.05) is 0 Å². The Hall–Kier alpha value is -1.85. The molecule has 0 bridgehead atoms. The monoisotopic (exact) mass is 200 g/mol. The zero-order chi connectivity index (χ0) is 10.7. The molecule has 5 nitrogen and oxygen atoms in total. The molecule has 1 amide bonds. The van der Waals surface area contributed by atoms with Crippen LogP contribution in [-0.2, 0) is 4.74 Å². The van der Waals surface area contributed by atoms with Gasteiger partial charge in [0.25, 0.3) is 0 Å². The van der Waals surface area contributed by atoms with Crippen LogP contribution in [0.3, 0.4) is 0 Å². The van der Waals surface area contributed by atoms with Gasteiger partial charge in [-0.25, -0.2) is 14.2 Å². The third-order valence-corrected chi connectivity index (χ3v) is 1.59. The van der Waals surface area contributed by atoms with Crippen LogP contribution in [-0.4, -0.2) is 16.2 Å². The van der Waals surface area contributed by atoms with Gasteiger partial charge in [0.1, 0.15) is 11.9 Å². The number of aromatic nitrogens is 1. The Morgan fingerprint density at radius 2 is 2.43 bits per heavy atom. The van der Waals surface area contributed by atoms with Crippen molar-refractivity contribution in [1.82, 2.24) is 4.98 Å². The second-order valence-corrected chi connectivity index (χ2v) is 2.65. The predicted molar refractivity (Wildman–Crippen MR) is 44.9 cm³/mol. The summed E-state index contributed by atoms with van der Waals surface area (Å²) >= 11 is 0. The Balaban J connectivity index is 2.93. The van der Waals surface area contributed by atoms with Crippen LogP contribution in [0.4, 0.5) is 9.18 Å². The summed E-state index contributed by atoms with van der Waals surface area (Å²) in [6.07, 6.45) is -0.979. The molecule has 0 saturated carbocycles. The summed E-state index contributed by atoms with van der Waals surface area (Å²) in [5, 5.41) is 9.21. The summed E-state index contributed by atoms with van der Waals surface area (Å²) in [6.45, 7) is 1.45. The van der Waals surface area contributed by atoms with E-state index in [1.165, 1.54) is 6.92 Å². The number of pyridine rings is 1. The molecule has 0 radical (unpaired) electrons. The van der Waals surface area contributed by atoms with E-state index in [4.69, 9.17) is 5.73 Å². The fourth-order valence-corrected chi connectivity index (χ4v) is 0.985. The highest BCUT2D eigenvalue weighted by molar-refractivity contribution is 5.65. The molecule has 0 aliphatic carbocycles. The Morgan fingerprint density at radius 1 is 1.79 bits per heavy atom. The molecule has 3 N–H and O–H groups in total. The highest BCUT2D eigenvalue weighted by Crippen LogP contribution is 2.24. The van der Waals surface area contributed by atoms with E-state index in [1.807, 2.05) is 0 Å². The van der Waals surface area contributed by atoms with Crippen molar-refractivity contribution in [3.05, 3.63) is 23.6 Å². The average molecular weight is 200 g/mol. The highest BCUT2D eigenvalue weighted by Gasteiger charge is 2.15. The number of rotatable bonds is 2.